The molecule has 1 aliphatic heterocycles. The van der Waals surface area contributed by atoms with Crippen molar-refractivity contribution < 1.29 is 27.9 Å². The van der Waals surface area contributed by atoms with Crippen LogP contribution in [0.2, 0.25) is 0 Å². The predicted octanol–water partition coefficient (Wildman–Crippen LogP) is 2.78. The van der Waals surface area contributed by atoms with E-state index in [0.29, 0.717) is 37.7 Å². The summed E-state index contributed by atoms with van der Waals surface area (Å²) in [5.74, 6) is 0.587. The molecule has 1 amide bonds. The van der Waals surface area contributed by atoms with Crippen molar-refractivity contribution in [3.05, 3.63) is 59.7 Å². The molecule has 2 aromatic carbocycles. The lowest BCUT2D eigenvalue weighted by Crippen LogP contribution is -2.56. The number of Topliss-reactive ketones (excluding diaryl/α,β-unsaturated/α-hetero) is 1. The van der Waals surface area contributed by atoms with Crippen LogP contribution in [0, 0.1) is 11.8 Å². The van der Waals surface area contributed by atoms with E-state index in [-0.39, 0.29) is 29.4 Å². The second kappa shape index (κ2) is 13.4. The van der Waals surface area contributed by atoms with Crippen LogP contribution in [0.15, 0.2) is 48.5 Å². The van der Waals surface area contributed by atoms with E-state index in [0.717, 1.165) is 16.1 Å². The number of nitrogens with one attached hydrogen (secondary N) is 2. The van der Waals surface area contributed by atoms with Gasteiger partial charge in [-0.1, -0.05) is 51.1 Å². The highest BCUT2D eigenvalue weighted by Gasteiger charge is 2.33. The van der Waals surface area contributed by atoms with Gasteiger partial charge >= 0.3 is 0 Å². The molecule has 0 aromatic heterocycles. The van der Waals surface area contributed by atoms with E-state index in [1.54, 1.807) is 12.1 Å². The van der Waals surface area contributed by atoms with Crippen molar-refractivity contribution >= 4 is 27.4 Å². The number of benzene rings is 2. The maximum atomic E-state index is 13.6. The molecule has 4 atom stereocenters. The highest BCUT2D eigenvalue weighted by molar-refractivity contribution is 7.92. The van der Waals surface area contributed by atoms with E-state index in [4.69, 9.17) is 4.74 Å². The number of amides is 1. The van der Waals surface area contributed by atoms with Crippen LogP contribution in [0.5, 0.6) is 5.75 Å². The van der Waals surface area contributed by atoms with E-state index >= 15 is 0 Å². The van der Waals surface area contributed by atoms with Crippen molar-refractivity contribution in [2.45, 2.75) is 58.2 Å². The standard InChI is InChI=1S/C29H41N3O6S/c1-19(2)20(3)18-38-25-15-22(14-23(16-25)32(4)39(5,36)37)29(35)31-27(13-21-9-7-6-8-10-21)28(34)26-17-24(33)11-12-30-26/h6-10,14-16,19-20,26-28,30,34H,11-13,17-18H2,1-5H3,(H,31,35)/t20?,26?,27?,28-/m1/s1. The zero-order valence-electron chi connectivity index (χ0n) is 23.4. The number of anilines is 1. The molecule has 0 saturated carbocycles. The number of nitrogens with zero attached hydrogens (tertiary/aromatic N) is 1. The van der Waals surface area contributed by atoms with Gasteiger partial charge < -0.3 is 20.5 Å². The zero-order valence-corrected chi connectivity index (χ0v) is 24.2. The summed E-state index contributed by atoms with van der Waals surface area (Å²) in [5.41, 5.74) is 1.41. The van der Waals surface area contributed by atoms with Gasteiger partial charge in [-0.05, 0) is 36.0 Å². The van der Waals surface area contributed by atoms with Gasteiger partial charge in [0.05, 0.1) is 30.7 Å². The minimum absolute atomic E-state index is 0.0662. The quantitative estimate of drug-likeness (QED) is 0.365. The lowest BCUT2D eigenvalue weighted by atomic mass is 9.91. The van der Waals surface area contributed by atoms with Gasteiger partial charge in [0.15, 0.2) is 0 Å². The second-order valence-electron chi connectivity index (χ2n) is 10.8. The number of ketones is 1. The Morgan fingerprint density at radius 1 is 1.18 bits per heavy atom. The molecule has 3 unspecified atom stereocenters. The molecule has 0 aliphatic carbocycles. The average Bonchev–Trinajstić information content (AvgIpc) is 2.90. The average molecular weight is 560 g/mol. The van der Waals surface area contributed by atoms with Gasteiger partial charge in [-0.15, -0.1) is 0 Å². The molecular weight excluding hydrogens is 518 g/mol. The fraction of sp³-hybridized carbons (Fsp3) is 0.517. The minimum Gasteiger partial charge on any atom is -0.493 e. The molecule has 10 heteroatoms. The van der Waals surface area contributed by atoms with Crippen molar-refractivity contribution in [3.63, 3.8) is 0 Å². The summed E-state index contributed by atoms with van der Waals surface area (Å²) in [6, 6.07) is 13.0. The van der Waals surface area contributed by atoms with Crippen molar-refractivity contribution in [2.75, 3.05) is 30.8 Å². The number of piperidine rings is 1. The Morgan fingerprint density at radius 3 is 2.49 bits per heavy atom. The Balaban J connectivity index is 1.91. The molecule has 0 bridgehead atoms. The number of carbonyl (C=O) groups excluding carboxylic acids is 2. The molecule has 1 saturated heterocycles. The van der Waals surface area contributed by atoms with Crippen LogP contribution in [0.25, 0.3) is 0 Å². The number of carbonyl (C=O) groups is 2. The molecule has 0 spiro atoms. The van der Waals surface area contributed by atoms with E-state index in [2.05, 4.69) is 31.4 Å². The van der Waals surface area contributed by atoms with E-state index < -0.39 is 34.1 Å². The third kappa shape index (κ3) is 8.78. The molecule has 9 nitrogen and oxygen atoms in total. The van der Waals surface area contributed by atoms with Gasteiger partial charge in [0, 0.05) is 44.1 Å². The lowest BCUT2D eigenvalue weighted by molar-refractivity contribution is -0.121. The van der Waals surface area contributed by atoms with E-state index in [9.17, 15) is 23.1 Å². The molecule has 3 N–H and O–H groups in total. The molecule has 1 aliphatic rings. The summed E-state index contributed by atoms with van der Waals surface area (Å²) < 4.78 is 31.6. The van der Waals surface area contributed by atoms with Crippen LogP contribution in [0.4, 0.5) is 5.69 Å². The predicted molar refractivity (Wildman–Crippen MR) is 153 cm³/mol. The Hall–Kier alpha value is -2.95. The topological polar surface area (TPSA) is 125 Å². The smallest absolute Gasteiger partial charge is 0.251 e. The van der Waals surface area contributed by atoms with E-state index in [1.165, 1.54) is 13.1 Å². The first kappa shape index (κ1) is 30.6. The number of aliphatic hydroxyl groups excluding tert-OH is 1. The van der Waals surface area contributed by atoms with Gasteiger partial charge in [-0.25, -0.2) is 8.42 Å². The molecule has 3 rings (SSSR count). The number of rotatable bonds is 12. The fourth-order valence-corrected chi connectivity index (χ4v) is 4.79. The number of hydrogen-bond donors (Lipinski definition) is 3. The fourth-order valence-electron chi connectivity index (χ4n) is 4.31. The molecule has 1 heterocycles. The van der Waals surface area contributed by atoms with Crippen molar-refractivity contribution in [2.24, 2.45) is 11.8 Å². The maximum Gasteiger partial charge on any atom is 0.251 e. The molecule has 39 heavy (non-hydrogen) atoms. The Bertz CT molecular complexity index is 1230. The Kier molecular flexibility index (Phi) is 10.5. The lowest BCUT2D eigenvalue weighted by Gasteiger charge is -2.33. The summed E-state index contributed by atoms with van der Waals surface area (Å²) >= 11 is 0. The number of ether oxygens (including phenoxy) is 1. The van der Waals surface area contributed by atoms with Gasteiger partial charge in [-0.3, -0.25) is 13.9 Å². The van der Waals surface area contributed by atoms with Crippen LogP contribution in [0.1, 0.15) is 49.5 Å². The first-order valence-corrected chi connectivity index (χ1v) is 15.2. The Morgan fingerprint density at radius 2 is 1.87 bits per heavy atom. The number of aliphatic hydroxyl groups is 1. The monoisotopic (exact) mass is 559 g/mol. The van der Waals surface area contributed by atoms with Gasteiger partial charge in [0.1, 0.15) is 11.5 Å². The van der Waals surface area contributed by atoms with Crippen LogP contribution >= 0.6 is 0 Å². The van der Waals surface area contributed by atoms with Crippen LogP contribution in [-0.2, 0) is 21.2 Å². The number of hydrogen-bond acceptors (Lipinski definition) is 7. The van der Waals surface area contributed by atoms with E-state index in [1.807, 2.05) is 30.3 Å². The van der Waals surface area contributed by atoms with Crippen molar-refractivity contribution in [1.82, 2.24) is 10.6 Å². The highest BCUT2D eigenvalue weighted by Crippen LogP contribution is 2.27. The molecule has 0 radical (unpaired) electrons. The normalized spacial score (nSPS) is 18.3. The van der Waals surface area contributed by atoms with Gasteiger partial charge in [0.25, 0.3) is 5.91 Å². The van der Waals surface area contributed by atoms with Crippen LogP contribution in [-0.4, -0.2) is 69.9 Å². The largest absolute Gasteiger partial charge is 0.493 e. The summed E-state index contributed by atoms with van der Waals surface area (Å²) in [7, 11) is -2.17. The third-order valence-corrected chi connectivity index (χ3v) is 8.57. The first-order chi connectivity index (χ1) is 18.3. The summed E-state index contributed by atoms with van der Waals surface area (Å²) in [6.07, 6.45) is 1.01. The summed E-state index contributed by atoms with van der Waals surface area (Å²) in [4.78, 5) is 25.7. The van der Waals surface area contributed by atoms with Crippen molar-refractivity contribution in [1.29, 1.82) is 0 Å². The van der Waals surface area contributed by atoms with Gasteiger partial charge in [0.2, 0.25) is 10.0 Å². The first-order valence-electron chi connectivity index (χ1n) is 13.3. The highest BCUT2D eigenvalue weighted by atomic mass is 32.2. The summed E-state index contributed by atoms with van der Waals surface area (Å²) in [5, 5.41) is 17.4. The molecule has 214 valence electrons. The third-order valence-electron chi connectivity index (χ3n) is 7.36. The minimum atomic E-state index is -3.59. The molecule has 2 aromatic rings. The SMILES string of the molecule is CC(C)C(C)COc1cc(C(=O)NC(Cc2ccccc2)[C@H](O)C2CC(=O)CCN2)cc(N(C)S(C)(=O)=O)c1. The number of sulfonamides is 1. The van der Waals surface area contributed by atoms with Gasteiger partial charge in [-0.2, -0.15) is 0 Å². The van der Waals surface area contributed by atoms with Crippen LogP contribution in [0.3, 0.4) is 0 Å². The van der Waals surface area contributed by atoms with Crippen molar-refractivity contribution in [3.8, 4) is 5.75 Å². The molecular formula is C29H41N3O6S. The summed E-state index contributed by atoms with van der Waals surface area (Å²) in [6.45, 7) is 7.12. The zero-order chi connectivity index (χ0) is 28.7. The molecule has 1 fully saturated rings. The second-order valence-corrected chi connectivity index (χ2v) is 12.8. The maximum absolute atomic E-state index is 13.6. The van der Waals surface area contributed by atoms with Crippen LogP contribution < -0.4 is 19.7 Å². The Labute approximate surface area is 232 Å².